The van der Waals surface area contributed by atoms with Gasteiger partial charge in [0.25, 0.3) is 0 Å². The van der Waals surface area contributed by atoms with Gasteiger partial charge in [0.05, 0.1) is 0 Å². The van der Waals surface area contributed by atoms with Gasteiger partial charge < -0.3 is 0 Å². The Kier molecular flexibility index (Phi) is 8.47. The van der Waals surface area contributed by atoms with Gasteiger partial charge in [-0.3, -0.25) is 9.11 Å². The third kappa shape index (κ3) is 5.74. The van der Waals surface area contributed by atoms with Crippen LogP contribution in [0.2, 0.25) is 0 Å². The number of rotatable bonds is 5. The van der Waals surface area contributed by atoms with Crippen molar-refractivity contribution >= 4 is 10.4 Å². The summed E-state index contributed by atoms with van der Waals surface area (Å²) in [7, 11) is -4.67. The molecule has 0 radical (unpaired) electrons. The van der Waals surface area contributed by atoms with Crippen molar-refractivity contribution in [2.45, 2.75) is 118 Å². The number of hydrogen-bond acceptors (Lipinski definition) is 2. The molecule has 0 amide bonds. The Morgan fingerprint density at radius 1 is 0.812 bits per heavy atom. The lowest BCUT2D eigenvalue weighted by atomic mass is 9.44. The average Bonchev–Trinajstić information content (AvgIpc) is 3.03. The van der Waals surface area contributed by atoms with Crippen molar-refractivity contribution < 1.29 is 17.5 Å². The molecule has 0 aromatic heterocycles. The van der Waals surface area contributed by atoms with Crippen LogP contribution in [0.15, 0.2) is 0 Å². The molecular formula is C27H50O4S. The summed E-state index contributed by atoms with van der Waals surface area (Å²) in [6.45, 7) is 12.9. The Labute approximate surface area is 198 Å². The highest BCUT2D eigenvalue weighted by Crippen LogP contribution is 2.68. The van der Waals surface area contributed by atoms with Gasteiger partial charge in [0.1, 0.15) is 0 Å². The molecule has 2 N–H and O–H groups in total. The summed E-state index contributed by atoms with van der Waals surface area (Å²) in [5, 5.41) is 0. The van der Waals surface area contributed by atoms with Crippen LogP contribution in [0.5, 0.6) is 0 Å². The zero-order valence-corrected chi connectivity index (χ0v) is 22.2. The number of fused-ring (bicyclic) bond motifs is 5. The first-order valence-electron chi connectivity index (χ1n) is 13.6. The van der Waals surface area contributed by atoms with E-state index in [1.807, 2.05) is 0 Å². The Morgan fingerprint density at radius 2 is 1.47 bits per heavy atom. The van der Waals surface area contributed by atoms with Crippen LogP contribution in [-0.4, -0.2) is 17.5 Å². The van der Waals surface area contributed by atoms with Crippen molar-refractivity contribution in [3.63, 3.8) is 0 Å². The van der Waals surface area contributed by atoms with E-state index in [9.17, 15) is 0 Å². The van der Waals surface area contributed by atoms with Crippen LogP contribution in [0.1, 0.15) is 118 Å². The van der Waals surface area contributed by atoms with Gasteiger partial charge in [-0.15, -0.1) is 0 Å². The summed E-state index contributed by atoms with van der Waals surface area (Å²) in [6, 6.07) is 0. The van der Waals surface area contributed by atoms with E-state index in [4.69, 9.17) is 17.5 Å². The molecule has 0 spiro atoms. The molecule has 32 heavy (non-hydrogen) atoms. The van der Waals surface area contributed by atoms with Crippen molar-refractivity contribution in [2.24, 2.45) is 52.3 Å². The molecular weight excluding hydrogens is 420 g/mol. The van der Waals surface area contributed by atoms with Gasteiger partial charge in [-0.25, -0.2) is 0 Å². The van der Waals surface area contributed by atoms with E-state index >= 15 is 0 Å². The molecule has 0 bridgehead atoms. The molecule has 0 saturated heterocycles. The summed E-state index contributed by atoms with van der Waals surface area (Å²) in [4.78, 5) is 0. The monoisotopic (exact) mass is 470 g/mol. The molecule has 188 valence electrons. The maximum atomic E-state index is 8.74. The second-order valence-electron chi connectivity index (χ2n) is 12.9. The van der Waals surface area contributed by atoms with Crippen molar-refractivity contribution in [3.8, 4) is 0 Å². The first kappa shape index (κ1) is 26.5. The predicted molar refractivity (Wildman–Crippen MR) is 132 cm³/mol. The second-order valence-corrected chi connectivity index (χ2v) is 13.8. The minimum Gasteiger partial charge on any atom is -0.264 e. The molecule has 5 heteroatoms. The fourth-order valence-corrected chi connectivity index (χ4v) is 9.32. The maximum absolute atomic E-state index is 8.74. The van der Waals surface area contributed by atoms with Crippen LogP contribution in [0, 0.1) is 52.3 Å². The zero-order valence-electron chi connectivity index (χ0n) is 21.4. The Morgan fingerprint density at radius 3 is 2.12 bits per heavy atom. The van der Waals surface area contributed by atoms with Crippen molar-refractivity contribution in [3.05, 3.63) is 0 Å². The number of hydrogen-bond donors (Lipinski definition) is 2. The summed E-state index contributed by atoms with van der Waals surface area (Å²) >= 11 is 0. The molecule has 0 aromatic carbocycles. The van der Waals surface area contributed by atoms with Crippen LogP contribution in [-0.2, 0) is 10.4 Å². The highest BCUT2D eigenvalue weighted by Gasteiger charge is 2.59. The van der Waals surface area contributed by atoms with Gasteiger partial charge in [-0.05, 0) is 104 Å². The molecule has 4 rings (SSSR count). The van der Waals surface area contributed by atoms with Gasteiger partial charge in [-0.2, -0.15) is 8.42 Å². The van der Waals surface area contributed by atoms with Crippen LogP contribution in [0.25, 0.3) is 0 Å². The standard InChI is InChI=1S/C27H48.H2O4S/c1-19(2)9-8-10-20(3)23-14-15-24-22-13-12-21-11-6-7-17-26(21,4)25(22)16-18-27(23,24)5;1-5(2,3)4/h19-25H,6-18H2,1-5H3;(H2,1,2,3,4)/t20-,21?,22+,23-,24+,25+,26+,27-;/m1./s1. The Balaban J connectivity index is 0.000000523. The maximum Gasteiger partial charge on any atom is 0.394 e. The van der Waals surface area contributed by atoms with Crippen LogP contribution < -0.4 is 0 Å². The third-order valence-corrected chi connectivity index (χ3v) is 10.8. The summed E-state index contributed by atoms with van der Waals surface area (Å²) < 4.78 is 31.6. The highest BCUT2D eigenvalue weighted by molar-refractivity contribution is 7.79. The van der Waals surface area contributed by atoms with Gasteiger partial charge in [0.2, 0.25) is 0 Å². The van der Waals surface area contributed by atoms with E-state index in [0.717, 1.165) is 41.4 Å². The van der Waals surface area contributed by atoms with Crippen LogP contribution >= 0.6 is 0 Å². The normalized spacial score (nSPS) is 42.3. The molecule has 4 aliphatic carbocycles. The lowest BCUT2D eigenvalue weighted by Crippen LogP contribution is -2.53. The quantitative estimate of drug-likeness (QED) is 0.401. The van der Waals surface area contributed by atoms with Gasteiger partial charge in [0, 0.05) is 0 Å². The summed E-state index contributed by atoms with van der Waals surface area (Å²) in [5.41, 5.74) is 1.39. The molecule has 1 unspecified atom stereocenters. The van der Waals surface area contributed by atoms with E-state index in [2.05, 4.69) is 34.6 Å². The summed E-state index contributed by atoms with van der Waals surface area (Å²) in [6.07, 6.45) is 19.9. The largest absolute Gasteiger partial charge is 0.394 e. The highest BCUT2D eigenvalue weighted by atomic mass is 32.3. The second kappa shape index (κ2) is 10.2. The van der Waals surface area contributed by atoms with E-state index in [1.54, 1.807) is 51.4 Å². The SMILES string of the molecule is CC(C)CCC[C@@H](C)[C@H]1CC[C@H]2[C@@H]3CCC4CCCC[C@]4(C)[C@H]3CC[C@]12C.O=S(=O)(O)O. The Hall–Kier alpha value is -0.130. The molecule has 4 aliphatic rings. The van der Waals surface area contributed by atoms with Crippen LogP contribution in [0.3, 0.4) is 0 Å². The predicted octanol–water partition coefficient (Wildman–Crippen LogP) is 7.85. The molecule has 8 atom stereocenters. The first-order valence-corrected chi connectivity index (χ1v) is 15.0. The smallest absolute Gasteiger partial charge is 0.264 e. The lowest BCUT2D eigenvalue weighted by Gasteiger charge is -2.61. The van der Waals surface area contributed by atoms with Gasteiger partial charge in [-0.1, -0.05) is 66.7 Å². The third-order valence-electron chi connectivity index (χ3n) is 10.8. The average molecular weight is 471 g/mol. The lowest BCUT2D eigenvalue weighted by molar-refractivity contribution is -0.114. The zero-order chi connectivity index (χ0) is 23.7. The summed E-state index contributed by atoms with van der Waals surface area (Å²) in [5.74, 6) is 7.15. The molecule has 0 aliphatic heterocycles. The van der Waals surface area contributed by atoms with E-state index in [0.29, 0.717) is 10.8 Å². The molecule has 4 saturated carbocycles. The van der Waals surface area contributed by atoms with Crippen molar-refractivity contribution in [2.75, 3.05) is 0 Å². The van der Waals surface area contributed by atoms with Gasteiger partial charge >= 0.3 is 10.4 Å². The van der Waals surface area contributed by atoms with E-state index < -0.39 is 10.4 Å². The molecule has 0 heterocycles. The molecule has 4 nitrogen and oxygen atoms in total. The first-order chi connectivity index (χ1) is 14.9. The fraction of sp³-hybridized carbons (Fsp3) is 1.00. The molecule has 0 aromatic rings. The Bertz CT molecular complexity index is 711. The van der Waals surface area contributed by atoms with Gasteiger partial charge in [0.15, 0.2) is 0 Å². The van der Waals surface area contributed by atoms with Crippen LogP contribution in [0.4, 0.5) is 0 Å². The van der Waals surface area contributed by atoms with E-state index in [-0.39, 0.29) is 0 Å². The van der Waals surface area contributed by atoms with Crippen molar-refractivity contribution in [1.82, 2.24) is 0 Å². The molecule has 4 fully saturated rings. The minimum absolute atomic E-state index is 0.677. The fourth-order valence-electron chi connectivity index (χ4n) is 9.32. The van der Waals surface area contributed by atoms with Crippen molar-refractivity contribution in [1.29, 1.82) is 0 Å². The van der Waals surface area contributed by atoms with E-state index in [1.165, 1.54) is 32.1 Å². The minimum atomic E-state index is -4.67. The topological polar surface area (TPSA) is 74.6 Å².